The molecule has 0 aromatic carbocycles. The minimum atomic E-state index is 0.351. The lowest BCUT2D eigenvalue weighted by molar-refractivity contribution is 0.903. The molecule has 2 aromatic heterocycles. The van der Waals surface area contributed by atoms with Crippen molar-refractivity contribution in [3.63, 3.8) is 0 Å². The Hall–Kier alpha value is -1.94. The van der Waals surface area contributed by atoms with Crippen LogP contribution < -0.4 is 0 Å². The van der Waals surface area contributed by atoms with Gasteiger partial charge in [0, 0.05) is 5.69 Å². The fourth-order valence-corrected chi connectivity index (χ4v) is 1.68. The molecular formula is C8H6N6S. The fraction of sp³-hybridized carbons (Fsp3) is 0.125. The van der Waals surface area contributed by atoms with Gasteiger partial charge in [-0.3, -0.25) is 5.10 Å². The molecule has 0 spiro atoms. The minimum absolute atomic E-state index is 0.351. The van der Waals surface area contributed by atoms with Gasteiger partial charge in [-0.25, -0.2) is 15.0 Å². The van der Waals surface area contributed by atoms with Crippen LogP contribution in [0.2, 0.25) is 0 Å². The lowest BCUT2D eigenvalue weighted by atomic mass is 10.4. The van der Waals surface area contributed by atoms with E-state index in [2.05, 4.69) is 25.1 Å². The third kappa shape index (κ3) is 2.30. The Morgan fingerprint density at radius 2 is 2.33 bits per heavy atom. The number of nitriles is 1. The van der Waals surface area contributed by atoms with Crippen LogP contribution in [0.5, 0.6) is 0 Å². The highest BCUT2D eigenvalue weighted by molar-refractivity contribution is 7.99. The molecule has 1 N–H and O–H groups in total. The number of hydrogen-bond donors (Lipinski definition) is 1. The van der Waals surface area contributed by atoms with Crippen molar-refractivity contribution in [1.29, 1.82) is 5.26 Å². The van der Waals surface area contributed by atoms with E-state index in [4.69, 9.17) is 5.26 Å². The van der Waals surface area contributed by atoms with E-state index in [1.165, 1.54) is 18.1 Å². The van der Waals surface area contributed by atoms with Crippen LogP contribution in [0.25, 0.3) is 0 Å². The average Bonchev–Trinajstić information content (AvgIpc) is 2.69. The molecule has 0 radical (unpaired) electrons. The summed E-state index contributed by atoms with van der Waals surface area (Å²) in [7, 11) is 0. The predicted octanol–water partition coefficient (Wildman–Crippen LogP) is 0.926. The first-order valence-corrected chi connectivity index (χ1v) is 4.88. The number of hydrogen-bond acceptors (Lipinski definition) is 6. The van der Waals surface area contributed by atoms with Crippen molar-refractivity contribution in [1.82, 2.24) is 25.1 Å². The van der Waals surface area contributed by atoms with Gasteiger partial charge in [0.1, 0.15) is 18.1 Å². The van der Waals surface area contributed by atoms with Crippen LogP contribution in [0.15, 0.2) is 22.7 Å². The van der Waals surface area contributed by atoms with Gasteiger partial charge in [0.15, 0.2) is 10.3 Å². The van der Waals surface area contributed by atoms with E-state index < -0.39 is 0 Å². The predicted molar refractivity (Wildman–Crippen MR) is 52.0 cm³/mol. The molecule has 0 saturated heterocycles. The quantitative estimate of drug-likeness (QED) is 0.754. The average molecular weight is 218 g/mol. The van der Waals surface area contributed by atoms with Crippen molar-refractivity contribution in [2.45, 2.75) is 17.2 Å². The summed E-state index contributed by atoms with van der Waals surface area (Å²) in [5.41, 5.74) is 1.10. The molecule has 0 fully saturated rings. The van der Waals surface area contributed by atoms with E-state index in [9.17, 15) is 0 Å². The molecule has 2 aromatic rings. The molecule has 0 saturated carbocycles. The molecular weight excluding hydrogens is 212 g/mol. The first-order chi connectivity index (χ1) is 7.28. The summed E-state index contributed by atoms with van der Waals surface area (Å²) in [6.45, 7) is 1.81. The molecule has 0 bridgehead atoms. The maximum Gasteiger partial charge on any atom is 0.196 e. The highest BCUT2D eigenvalue weighted by atomic mass is 32.2. The molecule has 74 valence electrons. The zero-order valence-corrected chi connectivity index (χ0v) is 8.62. The molecule has 0 aliphatic rings. The Labute approximate surface area is 89.8 Å². The van der Waals surface area contributed by atoms with Crippen molar-refractivity contribution in [2.75, 3.05) is 0 Å². The van der Waals surface area contributed by atoms with E-state index in [1.807, 2.05) is 13.0 Å². The number of aryl methyl sites for hydroxylation is 1. The third-order valence-corrected chi connectivity index (χ3v) is 2.28. The zero-order chi connectivity index (χ0) is 10.7. The third-order valence-electron chi connectivity index (χ3n) is 1.53. The van der Waals surface area contributed by atoms with Gasteiger partial charge in [-0.15, -0.1) is 0 Å². The zero-order valence-electron chi connectivity index (χ0n) is 7.80. The first kappa shape index (κ1) is 9.61. The number of nitrogens with zero attached hydrogens (tertiary/aromatic N) is 5. The van der Waals surface area contributed by atoms with Crippen LogP contribution in [0.1, 0.15) is 11.4 Å². The molecule has 0 atom stereocenters. The van der Waals surface area contributed by atoms with E-state index >= 15 is 0 Å². The Morgan fingerprint density at radius 1 is 1.47 bits per heavy atom. The van der Waals surface area contributed by atoms with Gasteiger partial charge >= 0.3 is 0 Å². The topological polar surface area (TPSA) is 91.1 Å². The summed E-state index contributed by atoms with van der Waals surface area (Å²) in [5.74, 6) is 0. The van der Waals surface area contributed by atoms with Gasteiger partial charge in [0.2, 0.25) is 0 Å². The molecule has 2 heterocycles. The molecule has 15 heavy (non-hydrogen) atoms. The van der Waals surface area contributed by atoms with Crippen molar-refractivity contribution in [3.05, 3.63) is 23.8 Å². The number of aromatic nitrogens is 5. The van der Waals surface area contributed by atoms with Crippen molar-refractivity contribution in [2.24, 2.45) is 0 Å². The minimum Gasteiger partial charge on any atom is -0.254 e. The van der Waals surface area contributed by atoms with Crippen molar-refractivity contribution in [3.8, 4) is 6.07 Å². The molecule has 0 unspecified atom stereocenters. The van der Waals surface area contributed by atoms with Gasteiger partial charge in [-0.05, 0) is 24.8 Å². The second kappa shape index (κ2) is 4.06. The second-order valence-corrected chi connectivity index (χ2v) is 3.64. The van der Waals surface area contributed by atoms with Crippen molar-refractivity contribution >= 4 is 11.8 Å². The summed E-state index contributed by atoms with van der Waals surface area (Å²) in [6.07, 6.45) is 1.41. The number of nitrogens with one attached hydrogen (secondary N) is 1. The van der Waals surface area contributed by atoms with Crippen LogP contribution in [-0.2, 0) is 0 Å². The van der Waals surface area contributed by atoms with Gasteiger partial charge in [-0.1, -0.05) is 0 Å². The fourth-order valence-electron chi connectivity index (χ4n) is 0.974. The Bertz CT molecular complexity index is 500. The van der Waals surface area contributed by atoms with Crippen molar-refractivity contribution < 1.29 is 0 Å². The summed E-state index contributed by atoms with van der Waals surface area (Å²) in [6, 6.07) is 3.61. The summed E-state index contributed by atoms with van der Waals surface area (Å²) in [5, 5.41) is 16.2. The molecule has 0 aliphatic heterocycles. The molecule has 6 nitrogen and oxygen atoms in total. The first-order valence-electron chi connectivity index (χ1n) is 4.07. The highest BCUT2D eigenvalue weighted by Gasteiger charge is 2.05. The Balaban J connectivity index is 2.29. The molecule has 2 rings (SSSR count). The van der Waals surface area contributed by atoms with Gasteiger partial charge in [-0.2, -0.15) is 10.4 Å². The van der Waals surface area contributed by atoms with Crippen LogP contribution in [-0.4, -0.2) is 25.1 Å². The second-order valence-electron chi connectivity index (χ2n) is 2.68. The lowest BCUT2D eigenvalue weighted by Crippen LogP contribution is -1.93. The van der Waals surface area contributed by atoms with Crippen LogP contribution >= 0.6 is 11.8 Å². The van der Waals surface area contributed by atoms with Crippen LogP contribution in [0, 0.1) is 18.3 Å². The van der Waals surface area contributed by atoms with E-state index in [0.29, 0.717) is 16.0 Å². The van der Waals surface area contributed by atoms with Gasteiger partial charge in [0.25, 0.3) is 0 Å². The normalized spacial score (nSPS) is 9.87. The summed E-state index contributed by atoms with van der Waals surface area (Å²) in [4.78, 5) is 12.1. The number of rotatable bonds is 2. The lowest BCUT2D eigenvalue weighted by Gasteiger charge is -1.98. The number of aromatic amines is 1. The number of H-pyrrole nitrogens is 1. The largest absolute Gasteiger partial charge is 0.254 e. The van der Waals surface area contributed by atoms with Crippen LogP contribution in [0.4, 0.5) is 0 Å². The van der Waals surface area contributed by atoms with Gasteiger partial charge < -0.3 is 0 Å². The smallest absolute Gasteiger partial charge is 0.196 e. The molecule has 0 amide bonds. The monoisotopic (exact) mass is 218 g/mol. The van der Waals surface area contributed by atoms with Crippen LogP contribution in [0.3, 0.4) is 0 Å². The molecule has 7 heteroatoms. The standard InChI is InChI=1S/C8H6N6S/c1-5-2-6(3-9)13-8(12-5)15-7-10-4-11-14-7/h2,4H,1H3,(H,10,11,14). The van der Waals surface area contributed by atoms with E-state index in [0.717, 1.165) is 5.69 Å². The maximum atomic E-state index is 8.73. The van der Waals surface area contributed by atoms with E-state index in [1.54, 1.807) is 6.07 Å². The highest BCUT2D eigenvalue weighted by Crippen LogP contribution is 2.20. The molecule has 0 aliphatic carbocycles. The summed E-state index contributed by atoms with van der Waals surface area (Å²) >= 11 is 1.24. The Morgan fingerprint density at radius 3 is 3.00 bits per heavy atom. The van der Waals surface area contributed by atoms with E-state index in [-0.39, 0.29) is 0 Å². The SMILES string of the molecule is Cc1cc(C#N)nc(Sc2ncn[nH]2)n1. The summed E-state index contributed by atoms with van der Waals surface area (Å²) < 4.78 is 0. The Kier molecular flexibility index (Phi) is 2.60. The maximum absolute atomic E-state index is 8.73. The van der Waals surface area contributed by atoms with Gasteiger partial charge in [0.05, 0.1) is 0 Å².